The highest BCUT2D eigenvalue weighted by molar-refractivity contribution is 5.89. The van der Waals surface area contributed by atoms with Crippen LogP contribution < -0.4 is 16.0 Å². The summed E-state index contributed by atoms with van der Waals surface area (Å²) < 4.78 is 0. The van der Waals surface area contributed by atoms with Crippen LogP contribution in [0.15, 0.2) is 0 Å². The summed E-state index contributed by atoms with van der Waals surface area (Å²) in [7, 11) is 0. The van der Waals surface area contributed by atoms with E-state index in [1.54, 1.807) is 0 Å². The summed E-state index contributed by atoms with van der Waals surface area (Å²) in [6, 6.07) is -0.0741. The minimum atomic E-state index is -0.252. The molecule has 2 unspecified atom stereocenters. The van der Waals surface area contributed by atoms with E-state index in [0.29, 0.717) is 12.3 Å². The molecule has 0 fully saturated rings. The third-order valence-corrected chi connectivity index (χ3v) is 5.64. The number of carbonyl (C=O) groups excluding carboxylic acids is 3. The Balaban J connectivity index is -0.000000517. The molecule has 0 amide bonds. The average Bonchev–Trinajstić information content (AvgIpc) is 2.66. The fraction of sp³-hybridized carbons (Fsp3) is 0.912. The van der Waals surface area contributed by atoms with E-state index >= 15 is 0 Å². The van der Waals surface area contributed by atoms with Gasteiger partial charge in [0.15, 0.2) is 17.3 Å². The Kier molecular flexibility index (Phi) is 17.9. The van der Waals surface area contributed by atoms with Gasteiger partial charge in [0.25, 0.3) is 0 Å². The highest BCUT2D eigenvalue weighted by Gasteiger charge is 2.31. The quantitative estimate of drug-likeness (QED) is 0.280. The molecule has 6 nitrogen and oxygen atoms in total. The number of hydrogen-bond acceptors (Lipinski definition) is 6. The van der Waals surface area contributed by atoms with Gasteiger partial charge in [-0.3, -0.25) is 14.4 Å². The molecule has 0 aromatic carbocycles. The van der Waals surface area contributed by atoms with Crippen molar-refractivity contribution in [3.8, 4) is 0 Å². The van der Waals surface area contributed by atoms with Gasteiger partial charge in [-0.05, 0) is 75.7 Å². The largest absolute Gasteiger partial charge is 0.305 e. The van der Waals surface area contributed by atoms with E-state index in [0.717, 1.165) is 12.8 Å². The summed E-state index contributed by atoms with van der Waals surface area (Å²) in [5.74, 6) is 0.846. The summed E-state index contributed by atoms with van der Waals surface area (Å²) in [4.78, 5) is 35.4. The lowest BCUT2D eigenvalue weighted by Gasteiger charge is -2.31. The maximum atomic E-state index is 12.2. The van der Waals surface area contributed by atoms with Gasteiger partial charge in [0.05, 0.1) is 18.6 Å². The number of rotatable bonds is 8. The van der Waals surface area contributed by atoms with Crippen molar-refractivity contribution in [3.63, 3.8) is 0 Å². The lowest BCUT2D eigenvalue weighted by atomic mass is 9.84. The molecular weight excluding hydrogens is 498 g/mol. The molecule has 40 heavy (non-hydrogen) atoms. The maximum Gasteiger partial charge on any atom is 0.155 e. The summed E-state index contributed by atoms with van der Waals surface area (Å²) in [6.45, 7) is 40.9. The van der Waals surface area contributed by atoms with Crippen molar-refractivity contribution in [1.29, 1.82) is 0 Å². The molecule has 6 heteroatoms. The van der Waals surface area contributed by atoms with Gasteiger partial charge in [0, 0.05) is 32.9 Å². The zero-order valence-corrected chi connectivity index (χ0v) is 30.5. The van der Waals surface area contributed by atoms with Crippen LogP contribution >= 0.6 is 0 Å². The van der Waals surface area contributed by atoms with Crippen LogP contribution in [0.3, 0.4) is 0 Å². The Morgan fingerprint density at radius 1 is 0.550 bits per heavy atom. The predicted molar refractivity (Wildman–Crippen MR) is 175 cm³/mol. The number of carbonyl (C=O) groups is 3. The number of ketones is 3. The first kappa shape index (κ1) is 43.3. The van der Waals surface area contributed by atoms with Crippen molar-refractivity contribution >= 4 is 17.3 Å². The van der Waals surface area contributed by atoms with Gasteiger partial charge in [-0.15, -0.1) is 0 Å². The van der Waals surface area contributed by atoms with Crippen molar-refractivity contribution in [3.05, 3.63) is 0 Å². The molecule has 0 radical (unpaired) electrons. The lowest BCUT2D eigenvalue weighted by molar-refractivity contribution is -0.129. The normalized spacial score (nSPS) is 14.7. The first-order valence-corrected chi connectivity index (χ1v) is 15.2. The fourth-order valence-corrected chi connectivity index (χ4v) is 3.58. The SMILES string of the molecule is CC(C)(C)NCC(=O)C(C)(C)C.CC(NC(C)(C)C)C(=O)C(C)(C)C.CCCC(NC(C)(C)C)C(=O)C(C)(C)C. The standard InChI is InChI=1S/C13H27NO.C11H23NO.C10H21NO/c1-8-9-10(14-13(5,6)7)11(15)12(2,3)4;1-8(12-11(5,6)7)9(13)10(2,3)4;1-9(2,3)8(12)7-11-10(4,5)6/h10,14H,8-9H2,1-7H3;8,12H,1-7H3;11H,7H2,1-6H3. The van der Waals surface area contributed by atoms with Gasteiger partial charge >= 0.3 is 0 Å². The van der Waals surface area contributed by atoms with E-state index in [-0.39, 0.29) is 56.5 Å². The summed E-state index contributed by atoms with van der Waals surface area (Å²) in [5, 5.41) is 9.87. The highest BCUT2D eigenvalue weighted by atomic mass is 16.1. The zero-order chi connectivity index (χ0) is 33.1. The molecule has 0 aliphatic heterocycles. The molecule has 0 aliphatic rings. The second kappa shape index (κ2) is 16.5. The zero-order valence-electron chi connectivity index (χ0n) is 30.5. The van der Waals surface area contributed by atoms with E-state index in [1.165, 1.54) is 0 Å². The summed E-state index contributed by atoms with van der Waals surface area (Å²) >= 11 is 0. The fourth-order valence-electron chi connectivity index (χ4n) is 3.58. The lowest BCUT2D eigenvalue weighted by Crippen LogP contribution is -2.50. The van der Waals surface area contributed by atoms with Gasteiger partial charge in [0.1, 0.15) is 0 Å². The Morgan fingerprint density at radius 2 is 0.925 bits per heavy atom. The van der Waals surface area contributed by atoms with Gasteiger partial charge < -0.3 is 16.0 Å². The second-order valence-corrected chi connectivity index (χ2v) is 17.4. The third-order valence-electron chi connectivity index (χ3n) is 5.64. The molecule has 3 N–H and O–H groups in total. The summed E-state index contributed by atoms with van der Waals surface area (Å²) in [6.07, 6.45) is 1.96. The van der Waals surface area contributed by atoms with E-state index in [2.05, 4.69) is 85.2 Å². The van der Waals surface area contributed by atoms with Crippen LogP contribution in [-0.2, 0) is 14.4 Å². The smallest absolute Gasteiger partial charge is 0.155 e. The molecule has 0 spiro atoms. The molecule has 0 heterocycles. The minimum Gasteiger partial charge on any atom is -0.305 e. The van der Waals surface area contributed by atoms with Crippen LogP contribution in [-0.4, -0.2) is 52.6 Å². The van der Waals surface area contributed by atoms with Gasteiger partial charge in [-0.2, -0.15) is 0 Å². The highest BCUT2D eigenvalue weighted by Crippen LogP contribution is 2.21. The van der Waals surface area contributed by atoms with Crippen molar-refractivity contribution < 1.29 is 14.4 Å². The maximum absolute atomic E-state index is 12.2. The van der Waals surface area contributed by atoms with Gasteiger partial charge in [-0.25, -0.2) is 0 Å². The average molecular weight is 570 g/mol. The molecule has 0 saturated heterocycles. The Hall–Kier alpha value is -1.11. The molecular formula is C34H71N3O3. The number of hydrogen-bond donors (Lipinski definition) is 3. The van der Waals surface area contributed by atoms with Gasteiger partial charge in [0.2, 0.25) is 0 Å². The van der Waals surface area contributed by atoms with Crippen LogP contribution in [0.4, 0.5) is 0 Å². The van der Waals surface area contributed by atoms with Crippen molar-refractivity contribution in [2.75, 3.05) is 6.54 Å². The van der Waals surface area contributed by atoms with Crippen LogP contribution in [0.2, 0.25) is 0 Å². The molecule has 0 aromatic rings. The third kappa shape index (κ3) is 24.7. The van der Waals surface area contributed by atoms with Crippen molar-refractivity contribution in [2.24, 2.45) is 16.2 Å². The minimum absolute atomic E-state index is 0.000324. The topological polar surface area (TPSA) is 87.3 Å². The second-order valence-electron chi connectivity index (χ2n) is 17.4. The van der Waals surface area contributed by atoms with Crippen LogP contribution in [0.5, 0.6) is 0 Å². The van der Waals surface area contributed by atoms with Crippen LogP contribution in [0.25, 0.3) is 0 Å². The van der Waals surface area contributed by atoms with Crippen molar-refractivity contribution in [2.45, 2.75) is 180 Å². The van der Waals surface area contributed by atoms with E-state index in [9.17, 15) is 14.4 Å². The van der Waals surface area contributed by atoms with Gasteiger partial charge in [-0.1, -0.05) is 75.7 Å². The van der Waals surface area contributed by atoms with E-state index < -0.39 is 0 Å². The molecule has 0 bridgehead atoms. The molecule has 240 valence electrons. The molecule has 0 rings (SSSR count). The van der Waals surface area contributed by atoms with Crippen LogP contribution in [0, 0.1) is 16.2 Å². The Labute approximate surface area is 250 Å². The monoisotopic (exact) mass is 570 g/mol. The number of nitrogens with one attached hydrogen (secondary N) is 3. The van der Waals surface area contributed by atoms with E-state index in [4.69, 9.17) is 0 Å². The molecule has 2 atom stereocenters. The molecule has 0 saturated carbocycles. The van der Waals surface area contributed by atoms with Crippen molar-refractivity contribution in [1.82, 2.24) is 16.0 Å². The first-order valence-electron chi connectivity index (χ1n) is 15.2. The summed E-state index contributed by atoms with van der Waals surface area (Å²) in [5.41, 5.74) is -0.698. The Morgan fingerprint density at radius 3 is 1.18 bits per heavy atom. The first-order chi connectivity index (χ1) is 17.2. The van der Waals surface area contributed by atoms with E-state index in [1.807, 2.05) is 69.2 Å². The number of Topliss-reactive ketones (excluding diaryl/α,β-unsaturated/α-hetero) is 3. The van der Waals surface area contributed by atoms with Crippen LogP contribution in [0.1, 0.15) is 151 Å². The predicted octanol–water partition coefficient (Wildman–Crippen LogP) is 7.53. The Bertz CT molecular complexity index is 759. The molecule has 0 aromatic heterocycles. The molecule has 0 aliphatic carbocycles.